The summed E-state index contributed by atoms with van der Waals surface area (Å²) >= 11 is 0. The molecule has 1 amide bonds. The average molecular weight is 141 g/mol. The number of nitrogens with zero attached hydrogens (tertiary/aromatic N) is 3. The summed E-state index contributed by atoms with van der Waals surface area (Å²) in [5.74, 6) is 4.47. The van der Waals surface area contributed by atoms with Crippen molar-refractivity contribution in [1.29, 1.82) is 0 Å². The molecule has 1 aromatic heterocycles. The van der Waals surface area contributed by atoms with Crippen molar-refractivity contribution in [2.45, 2.75) is 0 Å². The summed E-state index contributed by atoms with van der Waals surface area (Å²) in [6.45, 7) is 0. The summed E-state index contributed by atoms with van der Waals surface area (Å²) in [5.41, 5.74) is 2.30. The fraction of sp³-hybridized carbons (Fsp3) is 0.250. The van der Waals surface area contributed by atoms with Crippen molar-refractivity contribution < 1.29 is 4.79 Å². The molecule has 1 rings (SSSR count). The van der Waals surface area contributed by atoms with Crippen molar-refractivity contribution >= 4 is 5.91 Å². The second kappa shape index (κ2) is 2.44. The van der Waals surface area contributed by atoms with E-state index in [2.05, 4.69) is 10.3 Å². The maximum atomic E-state index is 10.8. The van der Waals surface area contributed by atoms with Crippen LogP contribution < -0.4 is 11.3 Å². The quantitative estimate of drug-likeness (QED) is 0.281. The molecule has 0 unspecified atom stereocenters. The Bertz CT molecular complexity index is 242. The number of aryl methyl sites for hydroxylation is 1. The minimum Gasteiger partial charge on any atom is -0.289 e. The molecule has 0 bridgehead atoms. The molecular weight excluding hydrogens is 134 g/mol. The van der Waals surface area contributed by atoms with E-state index in [1.807, 2.05) is 5.43 Å². The lowest BCUT2D eigenvalue weighted by atomic mass is 10.4. The number of nitrogens with one attached hydrogen (secondary N) is 1. The van der Waals surface area contributed by atoms with Gasteiger partial charge in [0.25, 0.3) is 5.91 Å². The van der Waals surface area contributed by atoms with Crippen LogP contribution in [0.15, 0.2) is 6.20 Å². The first kappa shape index (κ1) is 6.69. The molecule has 0 radical (unpaired) electrons. The zero-order valence-corrected chi connectivity index (χ0v) is 5.40. The Labute approximate surface area is 57.0 Å². The highest BCUT2D eigenvalue weighted by molar-refractivity contribution is 5.91. The molecular formula is C4H7N5O. The van der Waals surface area contributed by atoms with Gasteiger partial charge in [0.1, 0.15) is 5.69 Å². The number of hydrazine groups is 1. The highest BCUT2D eigenvalue weighted by Crippen LogP contribution is 1.90. The Balaban J connectivity index is 2.93. The van der Waals surface area contributed by atoms with Gasteiger partial charge in [0, 0.05) is 7.05 Å². The molecule has 0 aromatic carbocycles. The summed E-state index contributed by atoms with van der Waals surface area (Å²) in [7, 11) is 1.61. The SMILES string of the molecule is Cn1nncc1C(=O)NN. The Morgan fingerprint density at radius 1 is 1.90 bits per heavy atom. The van der Waals surface area contributed by atoms with E-state index in [4.69, 9.17) is 5.84 Å². The number of nitrogens with two attached hydrogens (primary N) is 1. The van der Waals surface area contributed by atoms with E-state index in [1.54, 1.807) is 7.05 Å². The third-order valence-corrected chi connectivity index (χ3v) is 1.08. The molecule has 0 atom stereocenters. The molecule has 0 spiro atoms. The number of rotatable bonds is 1. The van der Waals surface area contributed by atoms with Gasteiger partial charge < -0.3 is 0 Å². The Morgan fingerprint density at radius 2 is 2.60 bits per heavy atom. The molecule has 6 nitrogen and oxygen atoms in total. The van der Waals surface area contributed by atoms with Crippen molar-refractivity contribution in [2.24, 2.45) is 12.9 Å². The largest absolute Gasteiger partial charge is 0.289 e. The van der Waals surface area contributed by atoms with Crippen molar-refractivity contribution in [3.05, 3.63) is 11.9 Å². The molecule has 0 aliphatic carbocycles. The fourth-order valence-electron chi connectivity index (χ4n) is 0.569. The van der Waals surface area contributed by atoms with Crippen LogP contribution >= 0.6 is 0 Å². The van der Waals surface area contributed by atoms with E-state index >= 15 is 0 Å². The number of carbonyl (C=O) groups excluding carboxylic acids is 1. The van der Waals surface area contributed by atoms with E-state index in [9.17, 15) is 4.79 Å². The number of hydrogen-bond acceptors (Lipinski definition) is 4. The van der Waals surface area contributed by atoms with Gasteiger partial charge in [0.05, 0.1) is 6.20 Å². The summed E-state index contributed by atoms with van der Waals surface area (Å²) in [6, 6.07) is 0. The zero-order valence-electron chi connectivity index (χ0n) is 5.40. The van der Waals surface area contributed by atoms with E-state index in [1.165, 1.54) is 10.9 Å². The number of nitrogen functional groups attached to an aromatic ring is 1. The summed E-state index contributed by atoms with van der Waals surface area (Å²) < 4.78 is 1.34. The van der Waals surface area contributed by atoms with Crippen molar-refractivity contribution in [3.63, 3.8) is 0 Å². The predicted octanol–water partition coefficient (Wildman–Crippen LogP) is -1.58. The molecule has 1 aromatic rings. The summed E-state index contributed by atoms with van der Waals surface area (Å²) in [6.07, 6.45) is 1.34. The minimum atomic E-state index is -0.396. The first-order chi connectivity index (χ1) is 4.75. The summed E-state index contributed by atoms with van der Waals surface area (Å²) in [5, 5.41) is 7.02. The molecule has 0 aliphatic rings. The van der Waals surface area contributed by atoms with E-state index < -0.39 is 5.91 Å². The van der Waals surface area contributed by atoms with Crippen molar-refractivity contribution in [1.82, 2.24) is 20.4 Å². The highest BCUT2D eigenvalue weighted by Gasteiger charge is 2.07. The molecule has 0 fully saturated rings. The topological polar surface area (TPSA) is 85.8 Å². The van der Waals surface area contributed by atoms with Crippen LogP contribution in [0, 0.1) is 0 Å². The van der Waals surface area contributed by atoms with Crippen LogP contribution in [-0.2, 0) is 7.05 Å². The Morgan fingerprint density at radius 3 is 3.00 bits per heavy atom. The normalized spacial score (nSPS) is 9.40. The van der Waals surface area contributed by atoms with Crippen molar-refractivity contribution in [3.8, 4) is 0 Å². The number of aromatic nitrogens is 3. The average Bonchev–Trinajstić information content (AvgIpc) is 2.34. The van der Waals surface area contributed by atoms with Gasteiger partial charge in [-0.2, -0.15) is 0 Å². The van der Waals surface area contributed by atoms with Crippen LogP contribution in [0.5, 0.6) is 0 Å². The molecule has 6 heteroatoms. The lowest BCUT2D eigenvalue weighted by Crippen LogP contribution is -2.31. The maximum absolute atomic E-state index is 10.8. The van der Waals surface area contributed by atoms with E-state index in [0.29, 0.717) is 5.69 Å². The number of carbonyl (C=O) groups is 1. The fourth-order valence-corrected chi connectivity index (χ4v) is 0.569. The van der Waals surface area contributed by atoms with Gasteiger partial charge in [-0.25, -0.2) is 10.5 Å². The lowest BCUT2D eigenvalue weighted by Gasteiger charge is -1.95. The van der Waals surface area contributed by atoms with Gasteiger partial charge >= 0.3 is 0 Å². The molecule has 0 saturated heterocycles. The Hall–Kier alpha value is -1.43. The van der Waals surface area contributed by atoms with Crippen LogP contribution in [0.25, 0.3) is 0 Å². The maximum Gasteiger partial charge on any atom is 0.285 e. The molecule has 10 heavy (non-hydrogen) atoms. The first-order valence-corrected chi connectivity index (χ1v) is 2.61. The number of amides is 1. The first-order valence-electron chi connectivity index (χ1n) is 2.61. The number of hydrogen-bond donors (Lipinski definition) is 2. The lowest BCUT2D eigenvalue weighted by molar-refractivity contribution is 0.0944. The molecule has 0 aliphatic heterocycles. The Kier molecular flexibility index (Phi) is 1.63. The highest BCUT2D eigenvalue weighted by atomic mass is 16.2. The third-order valence-electron chi connectivity index (χ3n) is 1.08. The van der Waals surface area contributed by atoms with Gasteiger partial charge in [0.2, 0.25) is 0 Å². The van der Waals surface area contributed by atoms with Gasteiger partial charge in [0.15, 0.2) is 0 Å². The molecule has 0 saturated carbocycles. The van der Waals surface area contributed by atoms with Crippen LogP contribution in [-0.4, -0.2) is 20.9 Å². The van der Waals surface area contributed by atoms with Crippen LogP contribution in [0.4, 0.5) is 0 Å². The minimum absolute atomic E-state index is 0.336. The standard InChI is InChI=1S/C4H7N5O/c1-9-3(2-6-8-9)4(10)7-5/h2H,5H2,1H3,(H,7,10). The van der Waals surface area contributed by atoms with Crippen LogP contribution in [0.3, 0.4) is 0 Å². The smallest absolute Gasteiger partial charge is 0.285 e. The van der Waals surface area contributed by atoms with E-state index in [0.717, 1.165) is 0 Å². The zero-order chi connectivity index (χ0) is 7.56. The second-order valence-electron chi connectivity index (χ2n) is 1.72. The monoisotopic (exact) mass is 141 g/mol. The van der Waals surface area contributed by atoms with Crippen LogP contribution in [0.2, 0.25) is 0 Å². The summed E-state index contributed by atoms with van der Waals surface area (Å²) in [4.78, 5) is 10.8. The molecule has 54 valence electrons. The van der Waals surface area contributed by atoms with Crippen LogP contribution in [0.1, 0.15) is 10.5 Å². The van der Waals surface area contributed by atoms with Gasteiger partial charge in [-0.05, 0) is 0 Å². The van der Waals surface area contributed by atoms with E-state index in [-0.39, 0.29) is 0 Å². The van der Waals surface area contributed by atoms with Gasteiger partial charge in [-0.15, -0.1) is 5.10 Å². The van der Waals surface area contributed by atoms with Crippen molar-refractivity contribution in [2.75, 3.05) is 0 Å². The second-order valence-corrected chi connectivity index (χ2v) is 1.72. The molecule has 1 heterocycles. The van der Waals surface area contributed by atoms with Gasteiger partial charge in [-0.3, -0.25) is 10.2 Å². The third kappa shape index (κ3) is 0.960. The molecule has 3 N–H and O–H groups in total. The predicted molar refractivity (Wildman–Crippen MR) is 32.7 cm³/mol. The van der Waals surface area contributed by atoms with Gasteiger partial charge in [-0.1, -0.05) is 5.21 Å².